The average Bonchev–Trinajstić information content (AvgIpc) is 2.27. The van der Waals surface area contributed by atoms with Gasteiger partial charge in [-0.1, -0.05) is 0 Å². The molecule has 0 bridgehead atoms. The van der Waals surface area contributed by atoms with E-state index in [1.54, 1.807) is 6.92 Å². The Morgan fingerprint density at radius 1 is 1.33 bits per heavy atom. The summed E-state index contributed by atoms with van der Waals surface area (Å²) in [6.07, 6.45) is -3.98. The topological polar surface area (TPSA) is 57.2 Å². The second kappa shape index (κ2) is 6.55. The van der Waals surface area contributed by atoms with Crippen molar-refractivity contribution < 1.29 is 18.3 Å². The lowest BCUT2D eigenvalue weighted by molar-refractivity contribution is -0.137. The number of aliphatic hydroxyl groups excluding tert-OH is 1. The first-order valence-corrected chi connectivity index (χ1v) is 5.55. The Morgan fingerprint density at radius 2 is 2.06 bits per heavy atom. The number of rotatable bonds is 6. The lowest BCUT2D eigenvalue weighted by Crippen LogP contribution is -2.29. The maximum Gasteiger partial charge on any atom is 0.417 e. The molecular formula is C11H16F3N3O. The van der Waals surface area contributed by atoms with E-state index in [1.807, 2.05) is 0 Å². The van der Waals surface area contributed by atoms with Gasteiger partial charge in [0, 0.05) is 25.8 Å². The smallest absolute Gasteiger partial charge is 0.392 e. The van der Waals surface area contributed by atoms with Crippen LogP contribution in [-0.2, 0) is 6.18 Å². The fraction of sp³-hybridized carbons (Fsp3) is 0.545. The molecule has 0 saturated heterocycles. The first kappa shape index (κ1) is 14.7. The number of nitrogens with zero attached hydrogens (tertiary/aromatic N) is 1. The minimum Gasteiger partial charge on any atom is -0.392 e. The number of alkyl halides is 3. The van der Waals surface area contributed by atoms with Crippen LogP contribution >= 0.6 is 0 Å². The van der Waals surface area contributed by atoms with Crippen LogP contribution in [0.5, 0.6) is 0 Å². The predicted molar refractivity (Wildman–Crippen MR) is 62.3 cm³/mol. The Morgan fingerprint density at radius 3 is 2.56 bits per heavy atom. The van der Waals surface area contributed by atoms with E-state index in [-0.39, 0.29) is 0 Å². The molecule has 0 saturated carbocycles. The van der Waals surface area contributed by atoms with E-state index < -0.39 is 17.8 Å². The van der Waals surface area contributed by atoms with Crippen LogP contribution in [0.1, 0.15) is 12.5 Å². The van der Waals surface area contributed by atoms with Gasteiger partial charge in [-0.25, -0.2) is 4.98 Å². The molecule has 1 rings (SSSR count). The molecule has 3 N–H and O–H groups in total. The summed E-state index contributed by atoms with van der Waals surface area (Å²) >= 11 is 0. The Bertz CT molecular complexity index is 352. The first-order valence-electron chi connectivity index (χ1n) is 5.55. The minimum atomic E-state index is -4.36. The zero-order chi connectivity index (χ0) is 13.6. The van der Waals surface area contributed by atoms with Crippen molar-refractivity contribution in [2.45, 2.75) is 19.2 Å². The maximum atomic E-state index is 12.3. The van der Waals surface area contributed by atoms with Gasteiger partial charge in [-0.05, 0) is 19.1 Å². The molecule has 4 nitrogen and oxygen atoms in total. The summed E-state index contributed by atoms with van der Waals surface area (Å²) in [5.41, 5.74) is -0.764. The molecule has 0 aliphatic carbocycles. The van der Waals surface area contributed by atoms with Crippen LogP contribution in [0.3, 0.4) is 0 Å². The molecule has 0 aromatic carbocycles. The quantitative estimate of drug-likeness (QED) is 0.680. The Balaban J connectivity index is 2.31. The average molecular weight is 263 g/mol. The summed E-state index contributed by atoms with van der Waals surface area (Å²) in [6, 6.07) is 2.27. The van der Waals surface area contributed by atoms with E-state index in [2.05, 4.69) is 15.6 Å². The van der Waals surface area contributed by atoms with Gasteiger partial charge in [0.15, 0.2) is 0 Å². The van der Waals surface area contributed by atoms with Crippen LogP contribution in [0.15, 0.2) is 18.3 Å². The second-order valence-electron chi connectivity index (χ2n) is 3.91. The van der Waals surface area contributed by atoms with Gasteiger partial charge in [0.1, 0.15) is 5.82 Å². The third-order valence-corrected chi connectivity index (χ3v) is 2.14. The summed E-state index contributed by atoms with van der Waals surface area (Å²) in [7, 11) is 0. The van der Waals surface area contributed by atoms with Crippen molar-refractivity contribution in [2.75, 3.05) is 25.0 Å². The van der Waals surface area contributed by atoms with E-state index in [0.717, 1.165) is 12.3 Å². The molecule has 7 heteroatoms. The van der Waals surface area contributed by atoms with Crippen LogP contribution in [-0.4, -0.2) is 35.8 Å². The molecule has 1 heterocycles. The lowest BCUT2D eigenvalue weighted by Gasteiger charge is -2.09. The van der Waals surface area contributed by atoms with Crippen LogP contribution in [0.25, 0.3) is 0 Å². The van der Waals surface area contributed by atoms with Crippen molar-refractivity contribution >= 4 is 5.82 Å². The number of aliphatic hydroxyl groups is 1. The molecule has 18 heavy (non-hydrogen) atoms. The van der Waals surface area contributed by atoms with Crippen molar-refractivity contribution in [1.82, 2.24) is 10.3 Å². The summed E-state index contributed by atoms with van der Waals surface area (Å²) in [4.78, 5) is 3.67. The SMILES string of the molecule is CC(O)CNCCNc1ccc(C(F)(F)F)cn1. The molecule has 0 spiro atoms. The zero-order valence-corrected chi connectivity index (χ0v) is 9.96. The summed E-state index contributed by atoms with van der Waals surface area (Å²) in [5.74, 6) is 0.391. The van der Waals surface area contributed by atoms with E-state index >= 15 is 0 Å². The van der Waals surface area contributed by atoms with Crippen molar-refractivity contribution in [3.8, 4) is 0 Å². The van der Waals surface area contributed by atoms with Gasteiger partial charge in [-0.15, -0.1) is 0 Å². The van der Waals surface area contributed by atoms with Gasteiger partial charge in [-0.3, -0.25) is 0 Å². The molecule has 0 amide bonds. The van der Waals surface area contributed by atoms with Crippen molar-refractivity contribution in [2.24, 2.45) is 0 Å². The molecule has 0 radical (unpaired) electrons. The van der Waals surface area contributed by atoms with E-state index in [1.165, 1.54) is 6.07 Å². The molecule has 1 aromatic rings. The van der Waals surface area contributed by atoms with Gasteiger partial charge < -0.3 is 15.7 Å². The van der Waals surface area contributed by atoms with E-state index in [0.29, 0.717) is 25.5 Å². The van der Waals surface area contributed by atoms with Crippen LogP contribution in [0.4, 0.5) is 19.0 Å². The molecule has 1 unspecified atom stereocenters. The second-order valence-corrected chi connectivity index (χ2v) is 3.91. The largest absolute Gasteiger partial charge is 0.417 e. The Labute approximate surface area is 103 Å². The third kappa shape index (κ3) is 5.33. The number of nitrogens with one attached hydrogen (secondary N) is 2. The molecular weight excluding hydrogens is 247 g/mol. The number of hydrogen-bond acceptors (Lipinski definition) is 4. The summed E-state index contributed by atoms with van der Waals surface area (Å²) in [6.45, 7) is 3.25. The van der Waals surface area contributed by atoms with Crippen molar-refractivity contribution in [3.05, 3.63) is 23.9 Å². The fourth-order valence-corrected chi connectivity index (χ4v) is 1.26. The van der Waals surface area contributed by atoms with Gasteiger partial charge in [0.05, 0.1) is 11.7 Å². The molecule has 1 aromatic heterocycles. The van der Waals surface area contributed by atoms with E-state index in [4.69, 9.17) is 5.11 Å². The third-order valence-electron chi connectivity index (χ3n) is 2.14. The van der Waals surface area contributed by atoms with Crippen LogP contribution in [0.2, 0.25) is 0 Å². The van der Waals surface area contributed by atoms with E-state index in [9.17, 15) is 13.2 Å². The highest BCUT2D eigenvalue weighted by Crippen LogP contribution is 2.28. The highest BCUT2D eigenvalue weighted by molar-refractivity contribution is 5.36. The Kier molecular flexibility index (Phi) is 5.36. The van der Waals surface area contributed by atoms with Crippen LogP contribution < -0.4 is 10.6 Å². The predicted octanol–water partition coefficient (Wildman–Crippen LogP) is 1.48. The van der Waals surface area contributed by atoms with Gasteiger partial charge in [0.25, 0.3) is 0 Å². The molecule has 0 aliphatic rings. The number of halogens is 3. The molecule has 1 atom stereocenters. The van der Waals surface area contributed by atoms with Crippen molar-refractivity contribution in [3.63, 3.8) is 0 Å². The Hall–Kier alpha value is -1.34. The number of hydrogen-bond donors (Lipinski definition) is 3. The maximum absolute atomic E-state index is 12.3. The first-order chi connectivity index (χ1) is 8.39. The highest BCUT2D eigenvalue weighted by Gasteiger charge is 2.30. The zero-order valence-electron chi connectivity index (χ0n) is 9.96. The van der Waals surface area contributed by atoms with Gasteiger partial charge in [0.2, 0.25) is 0 Å². The number of anilines is 1. The lowest BCUT2D eigenvalue weighted by atomic mass is 10.3. The standard InChI is InChI=1S/C11H16F3N3O/c1-8(18)6-15-4-5-16-10-3-2-9(7-17-10)11(12,13)14/h2-3,7-8,15,18H,4-6H2,1H3,(H,16,17). The molecule has 102 valence electrons. The monoisotopic (exact) mass is 263 g/mol. The number of pyridine rings is 1. The normalized spacial score (nSPS) is 13.4. The molecule has 0 aliphatic heterocycles. The van der Waals surface area contributed by atoms with Gasteiger partial charge in [-0.2, -0.15) is 13.2 Å². The summed E-state index contributed by atoms with van der Waals surface area (Å²) in [5, 5.41) is 14.8. The number of aromatic nitrogens is 1. The molecule has 0 fully saturated rings. The van der Waals surface area contributed by atoms with Crippen LogP contribution in [0, 0.1) is 0 Å². The summed E-state index contributed by atoms with van der Waals surface area (Å²) < 4.78 is 36.8. The fourth-order valence-electron chi connectivity index (χ4n) is 1.26. The highest BCUT2D eigenvalue weighted by atomic mass is 19.4. The van der Waals surface area contributed by atoms with Crippen molar-refractivity contribution in [1.29, 1.82) is 0 Å². The minimum absolute atomic E-state index is 0.391. The van der Waals surface area contributed by atoms with Gasteiger partial charge >= 0.3 is 6.18 Å².